The van der Waals surface area contributed by atoms with Gasteiger partial charge in [0.05, 0.1) is 17.7 Å². The number of aliphatic hydroxyl groups is 1. The Morgan fingerprint density at radius 3 is 2.63 bits per heavy atom. The van der Waals surface area contributed by atoms with E-state index in [-0.39, 0.29) is 12.1 Å². The van der Waals surface area contributed by atoms with Crippen molar-refractivity contribution in [3.8, 4) is 0 Å². The second-order valence-electron chi connectivity index (χ2n) is 4.86. The molecule has 1 heterocycles. The molecule has 19 heavy (non-hydrogen) atoms. The highest BCUT2D eigenvalue weighted by atomic mass is 16.3. The Kier molecular flexibility index (Phi) is 3.85. The van der Waals surface area contributed by atoms with Crippen molar-refractivity contribution in [3.63, 3.8) is 0 Å². The maximum Gasteiger partial charge on any atom is 0.224 e. The number of nitrogens with zero attached hydrogens (tertiary/aromatic N) is 2. The molecule has 0 fully saturated rings. The van der Waals surface area contributed by atoms with Crippen molar-refractivity contribution in [2.45, 2.75) is 25.8 Å². The maximum atomic E-state index is 9.52. The van der Waals surface area contributed by atoms with Gasteiger partial charge in [-0.05, 0) is 25.5 Å². The number of anilines is 2. The van der Waals surface area contributed by atoms with Gasteiger partial charge in [-0.3, -0.25) is 0 Å². The van der Waals surface area contributed by atoms with Crippen LogP contribution < -0.4 is 10.6 Å². The summed E-state index contributed by atoms with van der Waals surface area (Å²) < 4.78 is 0. The topological polar surface area (TPSA) is 70.1 Å². The highest BCUT2D eigenvalue weighted by Gasteiger charge is 2.22. The van der Waals surface area contributed by atoms with Gasteiger partial charge in [0, 0.05) is 12.4 Å². The van der Waals surface area contributed by atoms with E-state index in [2.05, 4.69) is 20.6 Å². The van der Waals surface area contributed by atoms with Crippen molar-refractivity contribution in [1.29, 1.82) is 0 Å². The molecule has 2 aromatic rings. The summed E-state index contributed by atoms with van der Waals surface area (Å²) in [6, 6.07) is 7.83. The molecule has 0 spiro atoms. The lowest BCUT2D eigenvalue weighted by Gasteiger charge is -2.28. The summed E-state index contributed by atoms with van der Waals surface area (Å²) in [5.74, 6) is 1.31. The lowest BCUT2D eigenvalue weighted by Crippen LogP contribution is -2.38. The summed E-state index contributed by atoms with van der Waals surface area (Å²) in [7, 11) is 1.79. The molecule has 1 aromatic heterocycles. The van der Waals surface area contributed by atoms with Crippen LogP contribution in [-0.4, -0.2) is 34.3 Å². The van der Waals surface area contributed by atoms with Gasteiger partial charge in [0.15, 0.2) is 0 Å². The van der Waals surface area contributed by atoms with E-state index in [9.17, 15) is 5.11 Å². The summed E-state index contributed by atoms with van der Waals surface area (Å²) in [6.07, 6.45) is 0.802. The third-order valence-electron chi connectivity index (χ3n) is 3.38. The minimum atomic E-state index is -0.387. The highest BCUT2D eigenvalue weighted by Crippen LogP contribution is 2.25. The van der Waals surface area contributed by atoms with Crippen molar-refractivity contribution in [1.82, 2.24) is 9.97 Å². The van der Waals surface area contributed by atoms with Crippen molar-refractivity contribution < 1.29 is 5.11 Å². The predicted molar refractivity (Wildman–Crippen MR) is 78.5 cm³/mol. The number of aliphatic hydroxyl groups excluding tert-OH is 1. The number of fused-ring (bicyclic) bond motifs is 1. The zero-order valence-electron chi connectivity index (χ0n) is 11.6. The summed E-state index contributed by atoms with van der Waals surface area (Å²) >= 11 is 0. The molecule has 5 heteroatoms. The number of hydrogen-bond acceptors (Lipinski definition) is 5. The fourth-order valence-corrected chi connectivity index (χ4v) is 1.81. The molecular formula is C14H20N4O. The summed E-state index contributed by atoms with van der Waals surface area (Å²) in [4.78, 5) is 8.87. The third-order valence-corrected chi connectivity index (χ3v) is 3.38. The van der Waals surface area contributed by atoms with Gasteiger partial charge in [0.2, 0.25) is 5.95 Å². The Bertz CT molecular complexity index is 566. The summed E-state index contributed by atoms with van der Waals surface area (Å²) in [5.41, 5.74) is 0.489. The summed E-state index contributed by atoms with van der Waals surface area (Å²) in [5, 5.41) is 16.8. The van der Waals surface area contributed by atoms with Gasteiger partial charge in [-0.25, -0.2) is 4.98 Å². The van der Waals surface area contributed by atoms with Crippen LogP contribution in [0.1, 0.15) is 20.3 Å². The zero-order chi connectivity index (χ0) is 13.9. The molecule has 0 aliphatic heterocycles. The third kappa shape index (κ3) is 2.76. The Labute approximate surface area is 113 Å². The first-order valence-corrected chi connectivity index (χ1v) is 6.45. The standard InChI is InChI=1S/C14H20N4O/c1-4-14(2,9-19)18-12-10-7-5-6-8-11(10)16-13(15-3)17-12/h5-8,19H,4,9H2,1-3H3,(H2,15,16,17,18). The molecule has 0 saturated carbocycles. The van der Waals surface area contributed by atoms with Crippen LogP contribution in [0, 0.1) is 0 Å². The van der Waals surface area contributed by atoms with Crippen LogP contribution in [0.5, 0.6) is 0 Å². The molecule has 0 radical (unpaired) electrons. The van der Waals surface area contributed by atoms with E-state index in [0.717, 1.165) is 23.1 Å². The fourth-order valence-electron chi connectivity index (χ4n) is 1.81. The fraction of sp³-hybridized carbons (Fsp3) is 0.429. The van der Waals surface area contributed by atoms with Crippen molar-refractivity contribution in [2.75, 3.05) is 24.3 Å². The average Bonchev–Trinajstić information content (AvgIpc) is 2.46. The van der Waals surface area contributed by atoms with Crippen LogP contribution in [0.3, 0.4) is 0 Å². The number of rotatable bonds is 5. The van der Waals surface area contributed by atoms with Gasteiger partial charge < -0.3 is 15.7 Å². The molecule has 1 atom stereocenters. The number of hydrogen-bond donors (Lipinski definition) is 3. The first-order chi connectivity index (χ1) is 9.11. The molecule has 1 unspecified atom stereocenters. The van der Waals surface area contributed by atoms with Crippen molar-refractivity contribution in [2.24, 2.45) is 0 Å². The number of para-hydroxylation sites is 1. The molecule has 0 amide bonds. The largest absolute Gasteiger partial charge is 0.394 e. The van der Waals surface area contributed by atoms with Crippen molar-refractivity contribution in [3.05, 3.63) is 24.3 Å². The first kappa shape index (κ1) is 13.5. The zero-order valence-corrected chi connectivity index (χ0v) is 11.6. The summed E-state index contributed by atoms with van der Waals surface area (Å²) in [6.45, 7) is 4.06. The van der Waals surface area contributed by atoms with Crippen LogP contribution in [0.2, 0.25) is 0 Å². The smallest absolute Gasteiger partial charge is 0.224 e. The van der Waals surface area contributed by atoms with E-state index >= 15 is 0 Å². The molecule has 0 aliphatic rings. The van der Waals surface area contributed by atoms with Crippen LogP contribution in [0.25, 0.3) is 10.9 Å². The first-order valence-electron chi connectivity index (χ1n) is 6.45. The van der Waals surface area contributed by atoms with Gasteiger partial charge in [0.1, 0.15) is 5.82 Å². The molecule has 5 nitrogen and oxygen atoms in total. The molecule has 0 bridgehead atoms. The van der Waals surface area contributed by atoms with E-state index < -0.39 is 0 Å². The SMILES string of the molecule is CCC(C)(CO)Nc1nc(NC)nc2ccccc12. The van der Waals surface area contributed by atoms with Gasteiger partial charge in [-0.15, -0.1) is 0 Å². The van der Waals surface area contributed by atoms with Crippen LogP contribution in [-0.2, 0) is 0 Å². The monoisotopic (exact) mass is 260 g/mol. The van der Waals surface area contributed by atoms with Gasteiger partial charge in [-0.1, -0.05) is 19.1 Å². The maximum absolute atomic E-state index is 9.52. The normalized spacial score (nSPS) is 14.1. The van der Waals surface area contributed by atoms with Crippen molar-refractivity contribution >= 4 is 22.7 Å². The minimum Gasteiger partial charge on any atom is -0.394 e. The van der Waals surface area contributed by atoms with E-state index in [1.54, 1.807) is 7.05 Å². The van der Waals surface area contributed by atoms with E-state index in [0.29, 0.717) is 5.95 Å². The van der Waals surface area contributed by atoms with Gasteiger partial charge in [0.25, 0.3) is 0 Å². The second-order valence-corrected chi connectivity index (χ2v) is 4.86. The minimum absolute atomic E-state index is 0.0523. The van der Waals surface area contributed by atoms with Crippen LogP contribution in [0.4, 0.5) is 11.8 Å². The average molecular weight is 260 g/mol. The molecule has 0 saturated heterocycles. The Morgan fingerprint density at radius 1 is 1.26 bits per heavy atom. The molecule has 102 valence electrons. The van der Waals surface area contributed by atoms with E-state index in [4.69, 9.17) is 0 Å². The van der Waals surface area contributed by atoms with Gasteiger partial charge >= 0.3 is 0 Å². The number of aromatic nitrogens is 2. The molecule has 2 rings (SSSR count). The van der Waals surface area contributed by atoms with E-state index in [1.807, 2.05) is 38.1 Å². The second kappa shape index (κ2) is 5.40. The molecule has 1 aromatic carbocycles. The highest BCUT2D eigenvalue weighted by molar-refractivity contribution is 5.90. The Hall–Kier alpha value is -1.88. The quantitative estimate of drug-likeness (QED) is 0.769. The van der Waals surface area contributed by atoms with Crippen LogP contribution >= 0.6 is 0 Å². The number of nitrogens with one attached hydrogen (secondary N) is 2. The lowest BCUT2D eigenvalue weighted by atomic mass is 10.00. The Morgan fingerprint density at radius 2 is 2.00 bits per heavy atom. The number of benzene rings is 1. The van der Waals surface area contributed by atoms with Gasteiger partial charge in [-0.2, -0.15) is 4.98 Å². The Balaban J connectivity index is 2.51. The molecule has 3 N–H and O–H groups in total. The predicted octanol–water partition coefficient (Wildman–Crippen LogP) is 2.24. The lowest BCUT2D eigenvalue weighted by molar-refractivity contribution is 0.218. The molecular weight excluding hydrogens is 240 g/mol. The van der Waals surface area contributed by atoms with Crippen LogP contribution in [0.15, 0.2) is 24.3 Å². The molecule has 0 aliphatic carbocycles. The van der Waals surface area contributed by atoms with E-state index in [1.165, 1.54) is 0 Å².